The van der Waals surface area contributed by atoms with Crippen LogP contribution in [0.5, 0.6) is 0 Å². The lowest BCUT2D eigenvalue weighted by Gasteiger charge is -2.19. The number of nitrogens with one attached hydrogen (secondary N) is 1. The number of nitrogens with zero attached hydrogens (tertiary/aromatic N) is 2. The van der Waals surface area contributed by atoms with E-state index in [-0.39, 0.29) is 17.5 Å². The number of hydrogen-bond acceptors (Lipinski definition) is 3. The van der Waals surface area contributed by atoms with Gasteiger partial charge in [-0.3, -0.25) is 9.59 Å². The number of amides is 1. The standard InChI is InChI=1S/C22H23N3O2/c1-3-25-19-12-11-17(13-18(19)23-14(2)22(25)27)21(26)24-20(16-9-10-16)15-7-5-4-6-8-15/h4-8,11-13,16,20H,3,9-10H2,1-2H3,(H,24,26)/t20-/m1/s1. The Kier molecular flexibility index (Phi) is 4.52. The maximum atomic E-state index is 12.9. The van der Waals surface area contributed by atoms with Gasteiger partial charge in [0.15, 0.2) is 0 Å². The van der Waals surface area contributed by atoms with Crippen molar-refractivity contribution in [2.24, 2.45) is 5.92 Å². The van der Waals surface area contributed by atoms with Crippen LogP contribution in [0.1, 0.15) is 47.4 Å². The number of rotatable bonds is 5. The zero-order valence-electron chi connectivity index (χ0n) is 15.6. The molecule has 3 aromatic rings. The van der Waals surface area contributed by atoms with Crippen LogP contribution in [0.15, 0.2) is 53.3 Å². The maximum absolute atomic E-state index is 12.9. The molecule has 1 atom stereocenters. The predicted octanol–water partition coefficient (Wildman–Crippen LogP) is 3.61. The lowest BCUT2D eigenvalue weighted by molar-refractivity contribution is 0.0932. The molecule has 0 radical (unpaired) electrons. The van der Waals surface area contributed by atoms with Crippen LogP contribution in [-0.2, 0) is 6.54 Å². The van der Waals surface area contributed by atoms with Gasteiger partial charge < -0.3 is 9.88 Å². The summed E-state index contributed by atoms with van der Waals surface area (Å²) in [5.41, 5.74) is 3.50. The lowest BCUT2D eigenvalue weighted by atomic mass is 10.0. The van der Waals surface area contributed by atoms with Crippen molar-refractivity contribution in [3.63, 3.8) is 0 Å². The highest BCUT2D eigenvalue weighted by Gasteiger charge is 2.33. The first-order chi connectivity index (χ1) is 13.1. The Balaban J connectivity index is 1.66. The van der Waals surface area contributed by atoms with Crippen molar-refractivity contribution >= 4 is 16.9 Å². The molecule has 1 aromatic heterocycles. The molecule has 4 rings (SSSR count). The minimum Gasteiger partial charge on any atom is -0.345 e. The number of carbonyl (C=O) groups is 1. The average molecular weight is 361 g/mol. The molecule has 1 N–H and O–H groups in total. The Morgan fingerprint density at radius 3 is 2.63 bits per heavy atom. The fraction of sp³-hybridized carbons (Fsp3) is 0.318. The van der Waals surface area contributed by atoms with Gasteiger partial charge >= 0.3 is 0 Å². The molecule has 0 unspecified atom stereocenters. The molecule has 1 aliphatic carbocycles. The summed E-state index contributed by atoms with van der Waals surface area (Å²) in [5, 5.41) is 3.20. The Labute approximate surface area is 158 Å². The van der Waals surface area contributed by atoms with E-state index < -0.39 is 0 Å². The van der Waals surface area contributed by atoms with E-state index in [4.69, 9.17) is 0 Å². The second kappa shape index (κ2) is 6.99. The van der Waals surface area contributed by atoms with Crippen LogP contribution in [-0.4, -0.2) is 15.5 Å². The van der Waals surface area contributed by atoms with Gasteiger partial charge in [0.05, 0.1) is 17.1 Å². The molecule has 0 spiro atoms. The van der Waals surface area contributed by atoms with Gasteiger partial charge in [0.1, 0.15) is 5.69 Å². The van der Waals surface area contributed by atoms with Crippen molar-refractivity contribution in [1.29, 1.82) is 0 Å². The quantitative estimate of drug-likeness (QED) is 0.755. The largest absolute Gasteiger partial charge is 0.345 e. The number of carbonyl (C=O) groups excluding carboxylic acids is 1. The van der Waals surface area contributed by atoms with Crippen molar-refractivity contribution in [3.05, 3.63) is 75.7 Å². The highest BCUT2D eigenvalue weighted by atomic mass is 16.1. The van der Waals surface area contributed by atoms with E-state index in [1.165, 1.54) is 0 Å². The van der Waals surface area contributed by atoms with Crippen molar-refractivity contribution in [3.8, 4) is 0 Å². The summed E-state index contributed by atoms with van der Waals surface area (Å²) in [4.78, 5) is 29.5. The van der Waals surface area contributed by atoms with Gasteiger partial charge in [-0.1, -0.05) is 30.3 Å². The minimum atomic E-state index is -0.105. The fourth-order valence-corrected chi connectivity index (χ4v) is 3.62. The average Bonchev–Trinajstić information content (AvgIpc) is 3.52. The summed E-state index contributed by atoms with van der Waals surface area (Å²) in [6.45, 7) is 4.21. The molecule has 1 saturated carbocycles. The molecule has 1 heterocycles. The minimum absolute atomic E-state index is 0.0358. The Morgan fingerprint density at radius 2 is 1.96 bits per heavy atom. The molecular formula is C22H23N3O2. The number of fused-ring (bicyclic) bond motifs is 1. The summed E-state index contributed by atoms with van der Waals surface area (Å²) in [6.07, 6.45) is 2.28. The van der Waals surface area contributed by atoms with Crippen molar-refractivity contribution in [2.75, 3.05) is 0 Å². The normalized spacial score (nSPS) is 14.9. The Morgan fingerprint density at radius 1 is 1.22 bits per heavy atom. The molecule has 2 aromatic carbocycles. The van der Waals surface area contributed by atoms with Crippen LogP contribution in [0.2, 0.25) is 0 Å². The predicted molar refractivity (Wildman–Crippen MR) is 106 cm³/mol. The number of hydrogen-bond donors (Lipinski definition) is 1. The Hall–Kier alpha value is -2.95. The molecule has 1 amide bonds. The first-order valence-electron chi connectivity index (χ1n) is 9.45. The van der Waals surface area contributed by atoms with E-state index in [1.807, 2.05) is 31.2 Å². The summed E-state index contributed by atoms with van der Waals surface area (Å²) in [6, 6.07) is 15.5. The van der Waals surface area contributed by atoms with E-state index in [2.05, 4.69) is 22.4 Å². The van der Waals surface area contributed by atoms with E-state index >= 15 is 0 Å². The first-order valence-corrected chi connectivity index (χ1v) is 9.45. The van der Waals surface area contributed by atoms with Crippen LogP contribution in [0.3, 0.4) is 0 Å². The van der Waals surface area contributed by atoms with Gasteiger partial charge in [0.25, 0.3) is 11.5 Å². The highest BCUT2D eigenvalue weighted by Crippen LogP contribution is 2.41. The third-order valence-electron chi connectivity index (χ3n) is 5.23. The molecule has 5 heteroatoms. The van der Waals surface area contributed by atoms with Crippen LogP contribution < -0.4 is 10.9 Å². The lowest BCUT2D eigenvalue weighted by Crippen LogP contribution is -2.30. The summed E-state index contributed by atoms with van der Waals surface area (Å²) >= 11 is 0. The topological polar surface area (TPSA) is 64.0 Å². The third-order valence-corrected chi connectivity index (χ3v) is 5.23. The number of benzene rings is 2. The van der Waals surface area contributed by atoms with Gasteiger partial charge in [-0.05, 0) is 56.4 Å². The van der Waals surface area contributed by atoms with Crippen LogP contribution >= 0.6 is 0 Å². The molecule has 27 heavy (non-hydrogen) atoms. The Bertz CT molecular complexity index is 1050. The zero-order chi connectivity index (χ0) is 19.0. The summed E-state index contributed by atoms with van der Waals surface area (Å²) in [5.74, 6) is 0.397. The molecule has 1 fully saturated rings. The fourth-order valence-electron chi connectivity index (χ4n) is 3.62. The van der Waals surface area contributed by atoms with Crippen molar-refractivity contribution in [1.82, 2.24) is 14.9 Å². The molecule has 1 aliphatic rings. The van der Waals surface area contributed by atoms with E-state index in [9.17, 15) is 9.59 Å². The molecule has 5 nitrogen and oxygen atoms in total. The molecule has 0 aliphatic heterocycles. The first kappa shape index (κ1) is 17.5. The van der Waals surface area contributed by atoms with Crippen LogP contribution in [0.4, 0.5) is 0 Å². The summed E-state index contributed by atoms with van der Waals surface area (Å²) < 4.78 is 1.69. The molecule has 0 bridgehead atoms. The third kappa shape index (κ3) is 3.37. The smallest absolute Gasteiger partial charge is 0.272 e. The SMILES string of the molecule is CCn1c(=O)c(C)nc2cc(C(=O)N[C@H](c3ccccc3)C3CC3)ccc21. The maximum Gasteiger partial charge on any atom is 0.272 e. The molecular weight excluding hydrogens is 338 g/mol. The molecule has 0 saturated heterocycles. The van der Waals surface area contributed by atoms with E-state index in [0.29, 0.717) is 29.2 Å². The van der Waals surface area contributed by atoms with Gasteiger partial charge in [-0.2, -0.15) is 0 Å². The molecule has 138 valence electrons. The van der Waals surface area contributed by atoms with Crippen LogP contribution in [0.25, 0.3) is 11.0 Å². The zero-order valence-corrected chi connectivity index (χ0v) is 15.6. The van der Waals surface area contributed by atoms with E-state index in [1.54, 1.807) is 23.6 Å². The number of aryl methyl sites for hydroxylation is 2. The second-order valence-electron chi connectivity index (χ2n) is 7.15. The number of aromatic nitrogens is 2. The van der Waals surface area contributed by atoms with Crippen molar-refractivity contribution in [2.45, 2.75) is 39.3 Å². The van der Waals surface area contributed by atoms with Crippen LogP contribution in [0, 0.1) is 12.8 Å². The summed E-state index contributed by atoms with van der Waals surface area (Å²) in [7, 11) is 0. The second-order valence-corrected chi connectivity index (χ2v) is 7.15. The monoisotopic (exact) mass is 361 g/mol. The van der Waals surface area contributed by atoms with Gasteiger partial charge in [-0.25, -0.2) is 4.98 Å². The van der Waals surface area contributed by atoms with Crippen molar-refractivity contribution < 1.29 is 4.79 Å². The highest BCUT2D eigenvalue weighted by molar-refractivity contribution is 5.97. The van der Waals surface area contributed by atoms with Gasteiger partial charge in [-0.15, -0.1) is 0 Å². The van der Waals surface area contributed by atoms with Gasteiger partial charge in [0.2, 0.25) is 0 Å². The van der Waals surface area contributed by atoms with Gasteiger partial charge in [0, 0.05) is 12.1 Å². The van der Waals surface area contributed by atoms with E-state index in [0.717, 1.165) is 23.9 Å².